The lowest BCUT2D eigenvalue weighted by atomic mass is 10.1. The number of benzene rings is 1. The topological polar surface area (TPSA) is 75.2 Å². The van der Waals surface area contributed by atoms with Gasteiger partial charge in [0.25, 0.3) is 0 Å². The van der Waals surface area contributed by atoms with Crippen molar-refractivity contribution in [1.82, 2.24) is 10.6 Å². The Kier molecular flexibility index (Phi) is 11.5. The number of halogens is 1. The zero-order chi connectivity index (χ0) is 20.3. The highest BCUT2D eigenvalue weighted by Crippen LogP contribution is 2.21. The summed E-state index contributed by atoms with van der Waals surface area (Å²) in [5, 5.41) is 6.66. The number of nitrogens with zero attached hydrogens (tertiary/aromatic N) is 2. The minimum Gasteiger partial charge on any atom is -0.381 e. The first kappa shape index (κ1) is 24.9. The van der Waals surface area contributed by atoms with Gasteiger partial charge in [0.2, 0.25) is 5.91 Å². The second kappa shape index (κ2) is 13.8. The molecule has 0 atom stereocenters. The Morgan fingerprint density at radius 2 is 2.00 bits per heavy atom. The lowest BCUT2D eigenvalue weighted by Gasteiger charge is -2.22. The molecule has 0 bridgehead atoms. The van der Waals surface area contributed by atoms with Crippen molar-refractivity contribution in [2.75, 3.05) is 44.4 Å². The molecule has 0 unspecified atom stereocenters. The predicted octanol–water partition coefficient (Wildman–Crippen LogP) is 3.07. The number of hydrogen-bond acceptors (Lipinski definition) is 4. The van der Waals surface area contributed by atoms with E-state index in [9.17, 15) is 4.79 Å². The third-order valence-electron chi connectivity index (χ3n) is 5.22. The first-order valence-corrected chi connectivity index (χ1v) is 10.9. The highest BCUT2D eigenvalue weighted by Gasteiger charge is 2.21. The van der Waals surface area contributed by atoms with Gasteiger partial charge in [-0.1, -0.05) is 12.1 Å². The highest BCUT2D eigenvalue weighted by atomic mass is 127. The van der Waals surface area contributed by atoms with Crippen LogP contribution < -0.4 is 15.5 Å². The van der Waals surface area contributed by atoms with E-state index in [2.05, 4.69) is 34.7 Å². The predicted molar refractivity (Wildman–Crippen MR) is 131 cm³/mol. The molecular formula is C22H35IN4O3. The van der Waals surface area contributed by atoms with E-state index in [0.717, 1.165) is 82.3 Å². The maximum absolute atomic E-state index is 11.9. The molecule has 0 aliphatic carbocycles. The van der Waals surface area contributed by atoms with Crippen LogP contribution in [0.2, 0.25) is 0 Å². The van der Waals surface area contributed by atoms with Gasteiger partial charge in [0, 0.05) is 51.6 Å². The molecule has 0 saturated carbocycles. The number of guanidine groups is 1. The normalized spacial score (nSPS) is 17.7. The monoisotopic (exact) mass is 530 g/mol. The van der Waals surface area contributed by atoms with Crippen LogP contribution in [-0.2, 0) is 20.8 Å². The van der Waals surface area contributed by atoms with Gasteiger partial charge in [-0.15, -0.1) is 24.0 Å². The van der Waals surface area contributed by atoms with Gasteiger partial charge >= 0.3 is 0 Å². The lowest BCUT2D eigenvalue weighted by molar-refractivity contribution is -0.117. The maximum Gasteiger partial charge on any atom is 0.227 e. The van der Waals surface area contributed by atoms with E-state index in [1.165, 1.54) is 0 Å². The quantitative estimate of drug-likeness (QED) is 0.222. The number of carbonyl (C=O) groups is 1. The molecule has 2 N–H and O–H groups in total. The Morgan fingerprint density at radius 3 is 2.67 bits per heavy atom. The van der Waals surface area contributed by atoms with Crippen LogP contribution >= 0.6 is 24.0 Å². The van der Waals surface area contributed by atoms with Crippen molar-refractivity contribution in [2.45, 2.75) is 51.7 Å². The summed E-state index contributed by atoms with van der Waals surface area (Å²) >= 11 is 0. The van der Waals surface area contributed by atoms with Gasteiger partial charge in [-0.25, -0.2) is 4.99 Å². The molecule has 2 aliphatic heterocycles. The molecule has 3 rings (SSSR count). The molecule has 30 heavy (non-hydrogen) atoms. The van der Waals surface area contributed by atoms with Crippen molar-refractivity contribution >= 4 is 41.5 Å². The van der Waals surface area contributed by atoms with Gasteiger partial charge in [-0.05, 0) is 50.3 Å². The number of hydrogen-bond donors (Lipinski definition) is 2. The Morgan fingerprint density at radius 1 is 1.23 bits per heavy atom. The molecule has 1 amide bonds. The molecule has 2 aliphatic rings. The summed E-state index contributed by atoms with van der Waals surface area (Å²) in [5.41, 5.74) is 2.11. The van der Waals surface area contributed by atoms with Crippen LogP contribution in [0.1, 0.15) is 44.6 Å². The second-order valence-corrected chi connectivity index (χ2v) is 7.47. The average Bonchev–Trinajstić information content (AvgIpc) is 3.18. The fourth-order valence-corrected chi connectivity index (χ4v) is 3.59. The summed E-state index contributed by atoms with van der Waals surface area (Å²) in [6.07, 6.45) is 4.90. The van der Waals surface area contributed by atoms with Gasteiger partial charge in [0.05, 0.1) is 12.6 Å². The van der Waals surface area contributed by atoms with Crippen LogP contribution in [0.25, 0.3) is 0 Å². The van der Waals surface area contributed by atoms with E-state index < -0.39 is 0 Å². The Hall–Kier alpha value is -1.39. The molecular weight excluding hydrogens is 495 g/mol. The van der Waals surface area contributed by atoms with Gasteiger partial charge in [0.15, 0.2) is 5.96 Å². The number of amides is 1. The SMILES string of the molecule is CCNC(=NCc1ccc(N2CCCC2=O)cc1)NCCCOC1CCOCC1.I. The van der Waals surface area contributed by atoms with Crippen molar-refractivity contribution in [3.05, 3.63) is 29.8 Å². The van der Waals surface area contributed by atoms with Crippen molar-refractivity contribution in [2.24, 2.45) is 4.99 Å². The standard InChI is InChI=1S/C22H34N4O3.HI/c1-2-23-22(24-12-4-14-29-20-10-15-28-16-11-20)25-17-18-6-8-19(9-7-18)26-13-3-5-21(26)27;/h6-9,20H,2-5,10-17H2,1H3,(H2,23,24,25);1H. The number of aliphatic imine (C=N–C) groups is 1. The minimum absolute atomic E-state index is 0. The molecule has 1 aromatic rings. The average molecular weight is 530 g/mol. The molecule has 7 nitrogen and oxygen atoms in total. The van der Waals surface area contributed by atoms with Crippen LogP contribution in [0.5, 0.6) is 0 Å². The van der Waals surface area contributed by atoms with E-state index >= 15 is 0 Å². The fourth-order valence-electron chi connectivity index (χ4n) is 3.59. The molecule has 2 fully saturated rings. The molecule has 0 radical (unpaired) electrons. The zero-order valence-electron chi connectivity index (χ0n) is 17.9. The largest absolute Gasteiger partial charge is 0.381 e. The smallest absolute Gasteiger partial charge is 0.227 e. The number of ether oxygens (including phenoxy) is 2. The third kappa shape index (κ3) is 8.03. The van der Waals surface area contributed by atoms with Crippen LogP contribution in [0.4, 0.5) is 5.69 Å². The number of nitrogens with one attached hydrogen (secondary N) is 2. The number of carbonyl (C=O) groups excluding carboxylic acids is 1. The van der Waals surface area contributed by atoms with E-state index in [1.807, 2.05) is 17.0 Å². The molecule has 0 spiro atoms. The van der Waals surface area contributed by atoms with Crippen LogP contribution in [0.3, 0.4) is 0 Å². The second-order valence-electron chi connectivity index (χ2n) is 7.47. The van der Waals surface area contributed by atoms with E-state index in [-0.39, 0.29) is 29.9 Å². The molecule has 2 saturated heterocycles. The molecule has 168 valence electrons. The molecule has 1 aromatic carbocycles. The van der Waals surface area contributed by atoms with E-state index in [4.69, 9.17) is 9.47 Å². The Bertz CT molecular complexity index is 663. The van der Waals surface area contributed by atoms with Gasteiger partial charge in [-0.3, -0.25) is 4.79 Å². The minimum atomic E-state index is 0. The van der Waals surface area contributed by atoms with Gasteiger partial charge < -0.3 is 25.0 Å². The first-order valence-electron chi connectivity index (χ1n) is 10.9. The number of anilines is 1. The summed E-state index contributed by atoms with van der Waals surface area (Å²) in [5.74, 6) is 1.03. The fraction of sp³-hybridized carbons (Fsp3) is 0.636. The van der Waals surface area contributed by atoms with Crippen molar-refractivity contribution in [3.8, 4) is 0 Å². The van der Waals surface area contributed by atoms with Gasteiger partial charge in [-0.2, -0.15) is 0 Å². The molecule has 8 heteroatoms. The lowest BCUT2D eigenvalue weighted by Crippen LogP contribution is -2.38. The molecule has 0 aromatic heterocycles. The highest BCUT2D eigenvalue weighted by molar-refractivity contribution is 14.0. The summed E-state index contributed by atoms with van der Waals surface area (Å²) in [7, 11) is 0. The summed E-state index contributed by atoms with van der Waals surface area (Å²) in [6.45, 7) is 7.52. The van der Waals surface area contributed by atoms with Gasteiger partial charge in [0.1, 0.15) is 0 Å². The molecule has 2 heterocycles. The maximum atomic E-state index is 11.9. The third-order valence-corrected chi connectivity index (χ3v) is 5.22. The van der Waals surface area contributed by atoms with Crippen LogP contribution in [0.15, 0.2) is 29.3 Å². The first-order chi connectivity index (χ1) is 14.3. The van der Waals surface area contributed by atoms with Crippen LogP contribution in [0, 0.1) is 0 Å². The van der Waals surface area contributed by atoms with Crippen molar-refractivity contribution in [1.29, 1.82) is 0 Å². The van der Waals surface area contributed by atoms with E-state index in [0.29, 0.717) is 19.1 Å². The van der Waals surface area contributed by atoms with Crippen molar-refractivity contribution in [3.63, 3.8) is 0 Å². The van der Waals surface area contributed by atoms with Crippen LogP contribution in [-0.4, -0.2) is 57.4 Å². The summed E-state index contributed by atoms with van der Waals surface area (Å²) in [4.78, 5) is 18.4. The summed E-state index contributed by atoms with van der Waals surface area (Å²) in [6, 6.07) is 8.13. The van der Waals surface area contributed by atoms with Crippen molar-refractivity contribution < 1.29 is 14.3 Å². The zero-order valence-corrected chi connectivity index (χ0v) is 20.2. The Balaban J connectivity index is 0.00000320. The Labute approximate surface area is 197 Å². The van der Waals surface area contributed by atoms with E-state index in [1.54, 1.807) is 0 Å². The number of rotatable bonds is 9. The summed E-state index contributed by atoms with van der Waals surface area (Å²) < 4.78 is 11.3.